The maximum absolute atomic E-state index is 15.7. The molecule has 35 nitrogen and oxygen atoms in total. The molecule has 8 unspecified atom stereocenters. The van der Waals surface area contributed by atoms with E-state index in [1.807, 2.05) is 26.9 Å². The summed E-state index contributed by atoms with van der Waals surface area (Å²) in [6.45, 7) is 43.6. The highest BCUT2D eigenvalue weighted by molar-refractivity contribution is 6.95. The molecular weight excluding hydrogens is 1870 g/mol. The number of nitrogens with one attached hydrogen (secondary N) is 1. The molecule has 2 N–H and O–H groups in total. The van der Waals surface area contributed by atoms with Crippen LogP contribution in [0.3, 0.4) is 0 Å². The Morgan fingerprint density at radius 1 is 0.403 bits per heavy atom. The molecule has 0 aromatic heterocycles. The van der Waals surface area contributed by atoms with Crippen molar-refractivity contribution in [3.63, 3.8) is 0 Å². The summed E-state index contributed by atoms with van der Waals surface area (Å²) in [7, 11) is -5.74. The van der Waals surface area contributed by atoms with E-state index in [1.54, 1.807) is 51.1 Å². The number of carbonyl (C=O) groups excluding carboxylic acids is 14. The molecule has 139 heavy (non-hydrogen) atoms. The monoisotopic (exact) mass is 2040 g/mol. The van der Waals surface area contributed by atoms with E-state index < -0.39 is 238 Å². The van der Waals surface area contributed by atoms with Gasteiger partial charge in [0.1, 0.15) is 66.1 Å². The average Bonchev–Trinajstić information content (AvgIpc) is 0.767. The maximum Gasteiger partial charge on any atom is 0.417 e. The molecule has 1 aromatic carbocycles. The molecular formula is C100H173NO34Si4. The second kappa shape index (κ2) is 64.6. The molecule has 798 valence electrons. The van der Waals surface area contributed by atoms with Crippen LogP contribution < -0.4 is 5.32 Å². The minimum absolute atomic E-state index is 0.0126. The van der Waals surface area contributed by atoms with Crippen LogP contribution in [-0.4, -0.2) is 280 Å². The van der Waals surface area contributed by atoms with Crippen molar-refractivity contribution in [2.45, 2.75) is 296 Å². The van der Waals surface area contributed by atoms with Crippen molar-refractivity contribution in [3.05, 3.63) is 48.0 Å². The summed E-state index contributed by atoms with van der Waals surface area (Å²) in [5.74, 6) is -15.1. The van der Waals surface area contributed by atoms with Gasteiger partial charge in [0.15, 0.2) is 16.6 Å². The molecule has 0 spiro atoms. The van der Waals surface area contributed by atoms with E-state index >= 15 is 28.8 Å². The zero-order valence-corrected chi connectivity index (χ0v) is 92.7. The average molecular weight is 2050 g/mol. The van der Waals surface area contributed by atoms with E-state index in [9.17, 15) is 43.5 Å². The molecule has 0 saturated carbocycles. The lowest BCUT2D eigenvalue weighted by molar-refractivity contribution is -0.175. The van der Waals surface area contributed by atoms with Crippen molar-refractivity contribution >= 4 is 116 Å². The lowest BCUT2D eigenvalue weighted by Gasteiger charge is -2.43. The Hall–Kier alpha value is -8.03. The van der Waals surface area contributed by atoms with Gasteiger partial charge in [-0.1, -0.05) is 148 Å². The van der Waals surface area contributed by atoms with Crippen molar-refractivity contribution in [2.75, 3.05) is 159 Å². The Labute approximate surface area is 831 Å². The Bertz CT molecular complexity index is 3960. The minimum Gasteiger partial charge on any atom is -0.469 e. The van der Waals surface area contributed by atoms with Crippen LogP contribution in [0.2, 0.25) is 76.2 Å². The highest BCUT2D eigenvalue weighted by Crippen LogP contribution is 2.54. The number of methoxy groups -OCH3 is 1. The van der Waals surface area contributed by atoms with E-state index in [-0.39, 0.29) is 136 Å². The molecule has 0 aliphatic carbocycles. The Morgan fingerprint density at radius 3 is 1.29 bits per heavy atom. The van der Waals surface area contributed by atoms with E-state index in [4.69, 9.17) is 89.4 Å². The summed E-state index contributed by atoms with van der Waals surface area (Å²) in [5.41, 5.74) is -10.7. The Morgan fingerprint density at radius 2 is 0.806 bits per heavy atom. The summed E-state index contributed by atoms with van der Waals surface area (Å²) in [6.07, 6.45) is 2.28. The molecule has 0 fully saturated rings. The number of unbranched alkanes of at least 4 members (excludes halogenated alkanes) is 2. The largest absolute Gasteiger partial charge is 0.469 e. The second-order valence-corrected chi connectivity index (χ2v) is 61.5. The molecule has 0 heterocycles. The van der Waals surface area contributed by atoms with Gasteiger partial charge < -0.3 is 99.8 Å². The van der Waals surface area contributed by atoms with Crippen LogP contribution in [0.4, 0.5) is 4.79 Å². The van der Waals surface area contributed by atoms with Gasteiger partial charge in [-0.05, 0) is 196 Å². The summed E-state index contributed by atoms with van der Waals surface area (Å²) in [5, 5.41) is 11.8. The number of ether oxygens (including phenoxy) is 18. The maximum atomic E-state index is 15.7. The molecule has 1 rings (SSSR count). The van der Waals surface area contributed by atoms with Crippen LogP contribution in [0.15, 0.2) is 42.5 Å². The predicted molar refractivity (Wildman–Crippen MR) is 530 cm³/mol. The molecule has 0 radical (unpaired) electrons. The van der Waals surface area contributed by atoms with Gasteiger partial charge in [-0.2, -0.15) is 0 Å². The van der Waals surface area contributed by atoms with Crippen LogP contribution >= 0.6 is 0 Å². The summed E-state index contributed by atoms with van der Waals surface area (Å²) >= 11 is 0. The standard InChI is InChI=1S/C100H173NO34Si4/c1-27-32-62-136(19,20)74-137(21,22)63-37-44-118-48-53-124-82(105)83(106)125-54-49-120-51-57-131-90(113)98(15,68-94(10,11)86(109)130-56-50-119-47-42-102)72-100(17,91(114)128-43-29-3)71-97(14,89(112)129-45-40-75(6)7)67-79(81(104)122-31-5)65-78(77-38-35-34-36-39-77)66-96(13,87(110)117-18)70-99(16,92(115)133-60-61-134-93(116)101-41-46-123-80(103)76(8)9)69-95(12,30-4)88(111)132-59-58-127-85(108)84(107)126-55-52-121-73-139(25,26)135-138(23,24)64-33-28-2/h34-36,38-39,75,78-79,102H,8,27-33,37,40-74H2,1-7,9-26H3,(H,101,116). The lowest BCUT2D eigenvalue weighted by atomic mass is 9.60. The molecule has 8 atom stereocenters. The fourth-order valence-electron chi connectivity index (χ4n) is 17.9. The third-order valence-electron chi connectivity index (χ3n) is 24.0. The third kappa shape index (κ3) is 51.2. The quantitative estimate of drug-likeness (QED) is 0.0153. The Kier molecular flexibility index (Phi) is 59.9. The third-order valence-corrected chi connectivity index (χ3v) is 42.0. The zero-order valence-electron chi connectivity index (χ0n) is 88.7. The molecule has 1 aromatic rings. The van der Waals surface area contributed by atoms with E-state index in [0.717, 1.165) is 38.5 Å². The molecule has 0 aliphatic heterocycles. The molecule has 0 saturated heterocycles. The van der Waals surface area contributed by atoms with Crippen molar-refractivity contribution in [2.24, 2.45) is 49.7 Å². The number of aliphatic hydroxyl groups is 1. The van der Waals surface area contributed by atoms with E-state index in [0.29, 0.717) is 31.2 Å². The Balaban J connectivity index is 4.13. The van der Waals surface area contributed by atoms with Crippen molar-refractivity contribution < 1.29 is 162 Å². The van der Waals surface area contributed by atoms with Gasteiger partial charge in [-0.25, -0.2) is 28.8 Å². The molecule has 0 aliphatic rings. The smallest absolute Gasteiger partial charge is 0.417 e. The van der Waals surface area contributed by atoms with Crippen molar-refractivity contribution in [1.82, 2.24) is 5.32 Å². The predicted octanol–water partition coefficient (Wildman–Crippen LogP) is 15.4. The van der Waals surface area contributed by atoms with Crippen molar-refractivity contribution in [1.29, 1.82) is 0 Å². The molecule has 1 amide bonds. The highest BCUT2D eigenvalue weighted by atomic mass is 28.4. The van der Waals surface area contributed by atoms with Gasteiger partial charge in [0.2, 0.25) is 0 Å². The van der Waals surface area contributed by atoms with Gasteiger partial charge in [0.05, 0.1) is 130 Å². The summed E-state index contributed by atoms with van der Waals surface area (Å²) in [6, 6.07) is 12.2. The number of alkyl carbamates (subject to hydrolysis) is 1. The number of rotatable bonds is 75. The normalized spacial score (nSPS) is 15.0. The summed E-state index contributed by atoms with van der Waals surface area (Å²) in [4.78, 5) is 197. The SMILES string of the molecule is C=C(C)C(=O)OCCNC(=O)OCCOC(=O)C(C)(CC(C)(CC(CC(CC(C)(CC(C)(CC(C)(CC(C)(C)C(=O)OCCOCCO)C(=O)OCCOCCOC(=O)C(=O)OCCOCCC[Si](C)(C)C[Si](C)(C)CCCC)C(=O)OCCC)C(=O)OCCC(C)C)C(=O)OCC)c1ccccc1)C(=O)OC)CC(C)(CC)C(=O)OCCOC(=O)C(=O)OCCOC[Si](C)(C)O[Si](C)(C)CCCC. The van der Waals surface area contributed by atoms with Crippen LogP contribution in [0.25, 0.3) is 0 Å². The van der Waals surface area contributed by atoms with Gasteiger partial charge in [0, 0.05) is 28.3 Å². The van der Waals surface area contributed by atoms with Crippen LogP contribution in [0.1, 0.15) is 225 Å². The number of hydrogen-bond acceptors (Lipinski definition) is 34. The first-order valence-electron chi connectivity index (χ1n) is 49.3. The van der Waals surface area contributed by atoms with Gasteiger partial charge in [-0.15, -0.1) is 0 Å². The zero-order chi connectivity index (χ0) is 106. The first-order chi connectivity index (χ1) is 64.9. The van der Waals surface area contributed by atoms with Crippen molar-refractivity contribution in [3.8, 4) is 0 Å². The molecule has 39 heteroatoms. The first kappa shape index (κ1) is 129. The molecule has 0 bridgehead atoms. The number of esters is 13. The number of amides is 1. The fraction of sp³-hybridized carbons (Fsp3) is 0.780. The second-order valence-electron chi connectivity index (χ2n) is 41.7. The summed E-state index contributed by atoms with van der Waals surface area (Å²) < 4.78 is 107. The number of benzene rings is 1. The minimum atomic E-state index is -2.24. The first-order valence-corrected chi connectivity index (χ1v) is 62.4. The van der Waals surface area contributed by atoms with Crippen LogP contribution in [-0.2, 0) is 152 Å². The van der Waals surface area contributed by atoms with Crippen LogP contribution in [0, 0.1) is 49.7 Å². The number of aliphatic hydroxyl groups excluding tert-OH is 1. The van der Waals surface area contributed by atoms with Gasteiger partial charge in [0.25, 0.3) is 0 Å². The van der Waals surface area contributed by atoms with Gasteiger partial charge >= 0.3 is 83.7 Å². The van der Waals surface area contributed by atoms with Crippen LogP contribution in [0.5, 0.6) is 0 Å². The van der Waals surface area contributed by atoms with Gasteiger partial charge in [-0.3, -0.25) is 38.4 Å². The highest BCUT2D eigenvalue weighted by Gasteiger charge is 2.57. The van der Waals surface area contributed by atoms with E-state index in [2.05, 4.69) is 65.0 Å². The number of carbonyl (C=O) groups is 14. The lowest BCUT2D eigenvalue weighted by Crippen LogP contribution is -2.48. The van der Waals surface area contributed by atoms with E-state index in [1.165, 1.54) is 86.9 Å². The number of hydrogen-bond donors (Lipinski definition) is 2. The topological polar surface area (TPSA) is 447 Å². The fourth-order valence-corrected chi connectivity index (χ4v) is 40.6.